The summed E-state index contributed by atoms with van der Waals surface area (Å²) in [4.78, 5) is 4.95. The van der Waals surface area contributed by atoms with Crippen molar-refractivity contribution in [1.29, 1.82) is 0 Å². The number of likely N-dealkylation sites (N-methyl/N-ethyl adjacent to an activating group) is 1. The van der Waals surface area contributed by atoms with Gasteiger partial charge in [-0.2, -0.15) is 0 Å². The van der Waals surface area contributed by atoms with E-state index in [1.54, 1.807) is 0 Å². The van der Waals surface area contributed by atoms with E-state index in [1.807, 2.05) is 0 Å². The summed E-state index contributed by atoms with van der Waals surface area (Å²) in [6, 6.07) is 1.40. The van der Waals surface area contributed by atoms with Gasteiger partial charge in [-0.05, 0) is 72.6 Å². The molecule has 4 heteroatoms. The minimum Gasteiger partial charge on any atom is -0.394 e. The highest BCUT2D eigenvalue weighted by Gasteiger charge is 2.32. The fraction of sp³-hybridized carbons (Fsp3) is 1.00. The highest BCUT2D eigenvalue weighted by Crippen LogP contribution is 2.25. The van der Waals surface area contributed by atoms with E-state index in [1.165, 1.54) is 51.7 Å². The fourth-order valence-corrected chi connectivity index (χ4v) is 3.41. The molecule has 4 nitrogen and oxygen atoms in total. The van der Waals surface area contributed by atoms with E-state index in [-0.39, 0.29) is 12.1 Å². The first-order valence-electron chi connectivity index (χ1n) is 8.30. The largest absolute Gasteiger partial charge is 0.394 e. The topological polar surface area (TPSA) is 38.7 Å². The third kappa shape index (κ3) is 4.99. The molecule has 0 aromatic rings. The van der Waals surface area contributed by atoms with Gasteiger partial charge < -0.3 is 15.3 Å². The lowest BCUT2D eigenvalue weighted by molar-refractivity contribution is 0.149. The summed E-state index contributed by atoms with van der Waals surface area (Å²) in [5.74, 6) is 0. The molecule has 0 aromatic heterocycles. The van der Waals surface area contributed by atoms with Crippen LogP contribution in [-0.4, -0.2) is 72.9 Å². The van der Waals surface area contributed by atoms with Gasteiger partial charge in [0.1, 0.15) is 0 Å². The molecule has 0 bridgehead atoms. The van der Waals surface area contributed by atoms with Crippen molar-refractivity contribution in [2.45, 2.75) is 63.1 Å². The van der Waals surface area contributed by atoms with Crippen LogP contribution in [0.15, 0.2) is 0 Å². The predicted molar refractivity (Wildman–Crippen MR) is 84.0 cm³/mol. The van der Waals surface area contributed by atoms with Crippen molar-refractivity contribution < 1.29 is 5.11 Å². The Balaban J connectivity index is 1.70. The summed E-state index contributed by atoms with van der Waals surface area (Å²) in [6.07, 6.45) is 7.51. The van der Waals surface area contributed by atoms with Gasteiger partial charge in [-0.15, -0.1) is 0 Å². The maximum absolute atomic E-state index is 9.64. The quantitative estimate of drug-likeness (QED) is 0.669. The molecule has 2 unspecified atom stereocenters. The molecule has 0 radical (unpaired) electrons. The van der Waals surface area contributed by atoms with Gasteiger partial charge in [0.2, 0.25) is 0 Å². The molecule has 1 saturated carbocycles. The second-order valence-electron chi connectivity index (χ2n) is 7.34. The normalized spacial score (nSPS) is 27.1. The number of rotatable bonds is 9. The Bertz CT molecular complexity index is 293. The van der Waals surface area contributed by atoms with Crippen LogP contribution in [0.4, 0.5) is 0 Å². The Morgan fingerprint density at radius 3 is 2.65 bits per heavy atom. The average molecular weight is 283 g/mol. The lowest BCUT2D eigenvalue weighted by Gasteiger charge is -2.31. The van der Waals surface area contributed by atoms with Crippen LogP contribution in [0.1, 0.15) is 45.4 Å². The minimum atomic E-state index is -0.0715. The first-order valence-corrected chi connectivity index (χ1v) is 8.30. The predicted octanol–water partition coefficient (Wildman–Crippen LogP) is 1.30. The Morgan fingerprint density at radius 2 is 2.05 bits per heavy atom. The molecular weight excluding hydrogens is 250 g/mol. The molecule has 1 aliphatic heterocycles. The van der Waals surface area contributed by atoms with E-state index in [4.69, 9.17) is 0 Å². The smallest absolute Gasteiger partial charge is 0.0610 e. The van der Waals surface area contributed by atoms with Crippen molar-refractivity contribution in [3.05, 3.63) is 0 Å². The van der Waals surface area contributed by atoms with Gasteiger partial charge in [-0.25, -0.2) is 0 Å². The molecule has 1 aliphatic carbocycles. The van der Waals surface area contributed by atoms with Gasteiger partial charge in [0.25, 0.3) is 0 Å². The average Bonchev–Trinajstić information content (AvgIpc) is 3.09. The summed E-state index contributed by atoms with van der Waals surface area (Å²) in [6.45, 7) is 6.04. The van der Waals surface area contributed by atoms with Gasteiger partial charge in [-0.3, -0.25) is 4.90 Å². The zero-order valence-electron chi connectivity index (χ0n) is 13.6. The van der Waals surface area contributed by atoms with E-state index in [2.05, 4.69) is 36.1 Å². The second-order valence-corrected chi connectivity index (χ2v) is 7.34. The Labute approximate surface area is 124 Å². The van der Waals surface area contributed by atoms with E-state index in [0.717, 1.165) is 12.5 Å². The van der Waals surface area contributed by atoms with Crippen LogP contribution in [0.25, 0.3) is 0 Å². The van der Waals surface area contributed by atoms with Crippen LogP contribution < -0.4 is 5.32 Å². The number of likely N-dealkylation sites (tertiary alicyclic amines) is 1. The molecule has 2 N–H and O–H groups in total. The zero-order valence-corrected chi connectivity index (χ0v) is 13.6. The van der Waals surface area contributed by atoms with Gasteiger partial charge in [0.05, 0.1) is 6.61 Å². The van der Waals surface area contributed by atoms with E-state index >= 15 is 0 Å². The second kappa shape index (κ2) is 7.21. The van der Waals surface area contributed by atoms with Crippen LogP contribution in [0.3, 0.4) is 0 Å². The van der Waals surface area contributed by atoms with E-state index in [9.17, 15) is 5.11 Å². The number of hydrogen-bond acceptors (Lipinski definition) is 4. The highest BCUT2D eigenvalue weighted by atomic mass is 16.3. The van der Waals surface area contributed by atoms with Crippen LogP contribution in [0.5, 0.6) is 0 Å². The van der Waals surface area contributed by atoms with Gasteiger partial charge in [-0.1, -0.05) is 0 Å². The first kappa shape index (κ1) is 16.2. The monoisotopic (exact) mass is 283 g/mol. The summed E-state index contributed by atoms with van der Waals surface area (Å²) >= 11 is 0. The van der Waals surface area contributed by atoms with E-state index < -0.39 is 0 Å². The third-order valence-corrected chi connectivity index (χ3v) is 4.73. The molecule has 20 heavy (non-hydrogen) atoms. The molecule has 1 saturated heterocycles. The van der Waals surface area contributed by atoms with Crippen LogP contribution in [0, 0.1) is 0 Å². The maximum atomic E-state index is 9.64. The Morgan fingerprint density at radius 1 is 1.30 bits per heavy atom. The van der Waals surface area contributed by atoms with Gasteiger partial charge in [0, 0.05) is 24.2 Å². The first-order chi connectivity index (χ1) is 9.52. The summed E-state index contributed by atoms with van der Waals surface area (Å²) in [5.41, 5.74) is -0.0715. The van der Waals surface area contributed by atoms with Crippen LogP contribution >= 0.6 is 0 Å². The van der Waals surface area contributed by atoms with Crippen molar-refractivity contribution in [3.8, 4) is 0 Å². The summed E-state index contributed by atoms with van der Waals surface area (Å²) < 4.78 is 0. The lowest BCUT2D eigenvalue weighted by Crippen LogP contribution is -2.47. The lowest BCUT2D eigenvalue weighted by atomic mass is 9.96. The molecule has 118 valence electrons. The Kier molecular flexibility index (Phi) is 5.84. The maximum Gasteiger partial charge on any atom is 0.0610 e. The molecule has 2 atom stereocenters. The van der Waals surface area contributed by atoms with Crippen molar-refractivity contribution in [3.63, 3.8) is 0 Å². The van der Waals surface area contributed by atoms with Crippen molar-refractivity contribution >= 4 is 0 Å². The number of aliphatic hydroxyl groups excluding tert-OH is 1. The molecule has 0 amide bonds. The standard InChI is InChI=1S/C16H33N3O/c1-16(13-20,17-14-7-8-14)9-5-11-19-10-4-6-15(19)12-18(2)3/h14-15,17,20H,4-13H2,1-3H3. The molecule has 0 spiro atoms. The van der Waals surface area contributed by atoms with Crippen LogP contribution in [0.2, 0.25) is 0 Å². The van der Waals surface area contributed by atoms with Gasteiger partial charge >= 0.3 is 0 Å². The van der Waals surface area contributed by atoms with Crippen molar-refractivity contribution in [1.82, 2.24) is 15.1 Å². The SMILES string of the molecule is CN(C)CC1CCCN1CCCC(C)(CO)NC1CC1. The molecule has 2 rings (SSSR count). The Hall–Kier alpha value is -0.160. The van der Waals surface area contributed by atoms with Crippen molar-refractivity contribution in [2.24, 2.45) is 0 Å². The molecule has 0 aromatic carbocycles. The molecular formula is C16H33N3O. The number of nitrogens with zero attached hydrogens (tertiary/aromatic N) is 2. The van der Waals surface area contributed by atoms with E-state index in [0.29, 0.717) is 6.04 Å². The van der Waals surface area contributed by atoms with Crippen LogP contribution in [-0.2, 0) is 0 Å². The molecule has 1 heterocycles. The molecule has 2 fully saturated rings. The summed E-state index contributed by atoms with van der Waals surface area (Å²) in [5, 5.41) is 13.3. The summed E-state index contributed by atoms with van der Waals surface area (Å²) in [7, 11) is 4.33. The fourth-order valence-electron chi connectivity index (χ4n) is 3.41. The number of aliphatic hydroxyl groups is 1. The minimum absolute atomic E-state index is 0.0715. The van der Waals surface area contributed by atoms with Gasteiger partial charge in [0.15, 0.2) is 0 Å². The molecule has 2 aliphatic rings. The zero-order chi connectivity index (χ0) is 14.6. The highest BCUT2D eigenvalue weighted by molar-refractivity contribution is 4.92. The number of hydrogen-bond donors (Lipinski definition) is 2. The third-order valence-electron chi connectivity index (χ3n) is 4.73. The van der Waals surface area contributed by atoms with Crippen molar-refractivity contribution in [2.75, 3.05) is 40.3 Å². The number of nitrogens with one attached hydrogen (secondary N) is 1.